The molecule has 3 rings (SSSR count). The first-order valence-corrected chi connectivity index (χ1v) is 19.7. The molecule has 1 atom stereocenters. The first kappa shape index (κ1) is 31.7. The number of hydrogen-bond donors (Lipinski definition) is 0. The summed E-state index contributed by atoms with van der Waals surface area (Å²) in [5.74, 6) is 0. The van der Waals surface area contributed by atoms with Crippen molar-refractivity contribution in [1.82, 2.24) is 0 Å². The molecule has 0 nitrogen and oxygen atoms in total. The minimum atomic E-state index is -1.85. The highest BCUT2D eigenvalue weighted by molar-refractivity contribution is 7.97. The van der Waals surface area contributed by atoms with Crippen LogP contribution in [0.5, 0.6) is 0 Å². The third-order valence-corrected chi connectivity index (χ3v) is 17.7. The Labute approximate surface area is 240 Å². The molecule has 0 aliphatic rings. The smallest absolute Gasteiger partial charge is 0.111 e. The number of halogens is 1. The topological polar surface area (TPSA) is 0 Å². The van der Waals surface area contributed by atoms with E-state index in [1.54, 1.807) is 0 Å². The summed E-state index contributed by atoms with van der Waals surface area (Å²) in [5, 5.41) is 5.21. The predicted molar refractivity (Wildman–Crippen MR) is 169 cm³/mol. The van der Waals surface area contributed by atoms with Crippen LogP contribution in [0.25, 0.3) is 0 Å². The van der Waals surface area contributed by atoms with E-state index in [2.05, 4.69) is 130 Å². The summed E-state index contributed by atoms with van der Waals surface area (Å²) in [5.41, 5.74) is 0. The zero-order chi connectivity index (χ0) is 25.7. The molecule has 37 heavy (non-hydrogen) atoms. The van der Waals surface area contributed by atoms with Crippen LogP contribution in [-0.4, -0.2) is 13.4 Å². The van der Waals surface area contributed by atoms with Crippen LogP contribution in [-0.2, 0) is 0 Å². The Kier molecular flexibility index (Phi) is 14.1. The SMILES string of the molecule is CCCCCCCCC/C=C/CC([Si](C)(C)C)[P+](c1ccccc1)(c1ccccc1)c1ccccc1.[Br-]. The Bertz CT molecular complexity index is 915. The Balaban J connectivity index is 0.00000481. The van der Waals surface area contributed by atoms with Gasteiger partial charge in [0.15, 0.2) is 0 Å². The van der Waals surface area contributed by atoms with Crippen LogP contribution >= 0.6 is 7.26 Å². The molecule has 3 heteroatoms. The molecule has 0 heterocycles. The van der Waals surface area contributed by atoms with Gasteiger partial charge in [0.05, 0.1) is 13.4 Å². The van der Waals surface area contributed by atoms with Crippen LogP contribution in [0.2, 0.25) is 19.6 Å². The van der Waals surface area contributed by atoms with Gasteiger partial charge in [-0.1, -0.05) is 132 Å². The molecular formula is C34H48BrPSi. The predicted octanol–water partition coefficient (Wildman–Crippen LogP) is 6.32. The molecule has 0 saturated carbocycles. The largest absolute Gasteiger partial charge is 1.00 e. The van der Waals surface area contributed by atoms with Crippen molar-refractivity contribution in [2.75, 3.05) is 0 Å². The fraction of sp³-hybridized carbons (Fsp3) is 0.412. The van der Waals surface area contributed by atoms with E-state index in [-0.39, 0.29) is 17.0 Å². The van der Waals surface area contributed by atoms with Crippen molar-refractivity contribution in [3.63, 3.8) is 0 Å². The molecule has 0 amide bonds. The monoisotopic (exact) mass is 594 g/mol. The van der Waals surface area contributed by atoms with Crippen molar-refractivity contribution >= 4 is 31.2 Å². The van der Waals surface area contributed by atoms with Crippen molar-refractivity contribution in [1.29, 1.82) is 0 Å². The van der Waals surface area contributed by atoms with E-state index in [9.17, 15) is 0 Å². The van der Waals surface area contributed by atoms with Crippen LogP contribution in [0, 0.1) is 0 Å². The Morgan fingerprint density at radius 2 is 1.00 bits per heavy atom. The molecule has 0 fully saturated rings. The fourth-order valence-corrected chi connectivity index (χ4v) is 16.8. The van der Waals surface area contributed by atoms with Crippen LogP contribution in [0.15, 0.2) is 103 Å². The number of unbranched alkanes of at least 4 members (excludes halogenated alkanes) is 7. The van der Waals surface area contributed by atoms with E-state index in [1.165, 1.54) is 73.7 Å². The van der Waals surface area contributed by atoms with Gasteiger partial charge in [-0.05, 0) is 55.7 Å². The van der Waals surface area contributed by atoms with E-state index in [0.717, 1.165) is 0 Å². The number of benzene rings is 3. The first-order chi connectivity index (χ1) is 17.5. The summed E-state index contributed by atoms with van der Waals surface area (Å²) in [7, 11) is -3.42. The van der Waals surface area contributed by atoms with Crippen LogP contribution in [0.1, 0.15) is 64.7 Å². The van der Waals surface area contributed by atoms with Gasteiger partial charge >= 0.3 is 0 Å². The van der Waals surface area contributed by atoms with E-state index >= 15 is 0 Å². The molecule has 0 spiro atoms. The molecule has 0 N–H and O–H groups in total. The average molecular weight is 596 g/mol. The molecular weight excluding hydrogens is 547 g/mol. The fourth-order valence-electron chi connectivity index (χ4n) is 5.63. The molecule has 0 saturated heterocycles. The van der Waals surface area contributed by atoms with Crippen molar-refractivity contribution in [2.24, 2.45) is 0 Å². The van der Waals surface area contributed by atoms with Gasteiger partial charge in [0.25, 0.3) is 0 Å². The highest BCUT2D eigenvalue weighted by Crippen LogP contribution is 2.63. The highest BCUT2D eigenvalue weighted by Gasteiger charge is 2.56. The molecule has 0 aliphatic heterocycles. The average Bonchev–Trinajstić information content (AvgIpc) is 2.90. The van der Waals surface area contributed by atoms with E-state index in [1.807, 2.05) is 0 Å². The van der Waals surface area contributed by atoms with Gasteiger partial charge in [-0.25, -0.2) is 0 Å². The molecule has 200 valence electrons. The second kappa shape index (κ2) is 16.5. The van der Waals surface area contributed by atoms with Gasteiger partial charge in [-0.3, -0.25) is 0 Å². The van der Waals surface area contributed by atoms with Crippen molar-refractivity contribution < 1.29 is 17.0 Å². The lowest BCUT2D eigenvalue weighted by molar-refractivity contribution is -0.00000760. The zero-order valence-electron chi connectivity index (χ0n) is 23.6. The quantitative estimate of drug-likeness (QED) is 0.0836. The van der Waals surface area contributed by atoms with Gasteiger partial charge in [0.2, 0.25) is 0 Å². The number of allylic oxidation sites excluding steroid dienone is 2. The lowest BCUT2D eigenvalue weighted by atomic mass is 10.1. The molecule has 3 aromatic carbocycles. The van der Waals surface area contributed by atoms with E-state index in [0.29, 0.717) is 5.28 Å². The maximum absolute atomic E-state index is 2.59. The second-order valence-corrected chi connectivity index (χ2v) is 20.8. The highest BCUT2D eigenvalue weighted by atomic mass is 79.9. The molecule has 0 aliphatic carbocycles. The van der Waals surface area contributed by atoms with E-state index in [4.69, 9.17) is 0 Å². The first-order valence-electron chi connectivity index (χ1n) is 14.2. The van der Waals surface area contributed by atoms with Gasteiger partial charge in [0, 0.05) is 0 Å². The standard InChI is InChI=1S/C34H48PSi.BrH/c1-5-6-7-8-9-10-11-12-13-23-30-34(36(2,3)4)35(31-24-17-14-18-25-31,32-26-19-15-20-27-32)33-28-21-16-22-29-33;/h13-29,34H,5-12,30H2,1-4H3;1H/q+1;/p-1/b23-13+;. The maximum Gasteiger partial charge on any atom is 0.111 e. The van der Waals surface area contributed by atoms with Crippen molar-refractivity contribution in [3.8, 4) is 0 Å². The third kappa shape index (κ3) is 8.77. The minimum absolute atomic E-state index is 0. The summed E-state index contributed by atoms with van der Waals surface area (Å²) in [6, 6.07) is 34.4. The molecule has 0 bridgehead atoms. The number of hydrogen-bond acceptors (Lipinski definition) is 0. The van der Waals surface area contributed by atoms with Crippen LogP contribution in [0.3, 0.4) is 0 Å². The Hall–Kier alpha value is -1.47. The van der Waals surface area contributed by atoms with Crippen LogP contribution < -0.4 is 32.9 Å². The molecule has 1 unspecified atom stereocenters. The Morgan fingerprint density at radius 1 is 0.595 bits per heavy atom. The van der Waals surface area contributed by atoms with E-state index < -0.39 is 15.3 Å². The van der Waals surface area contributed by atoms with Crippen molar-refractivity contribution in [2.45, 2.75) is 89.6 Å². The molecule has 0 aromatic heterocycles. The third-order valence-electron chi connectivity index (χ3n) is 7.46. The van der Waals surface area contributed by atoms with Gasteiger partial charge in [0.1, 0.15) is 23.2 Å². The summed E-state index contributed by atoms with van der Waals surface area (Å²) in [4.78, 5) is 0. The maximum atomic E-state index is 2.59. The Morgan fingerprint density at radius 3 is 1.41 bits per heavy atom. The number of rotatable bonds is 15. The lowest BCUT2D eigenvalue weighted by Crippen LogP contribution is -3.00. The summed E-state index contributed by atoms with van der Waals surface area (Å²) >= 11 is 0. The van der Waals surface area contributed by atoms with Crippen molar-refractivity contribution in [3.05, 3.63) is 103 Å². The van der Waals surface area contributed by atoms with Gasteiger partial charge in [-0.15, -0.1) is 0 Å². The van der Waals surface area contributed by atoms with Gasteiger partial charge < -0.3 is 17.0 Å². The summed E-state index contributed by atoms with van der Waals surface area (Å²) < 4.78 is 0. The summed E-state index contributed by atoms with van der Waals surface area (Å²) in [6.45, 7) is 10.1. The minimum Gasteiger partial charge on any atom is -1.00 e. The lowest BCUT2D eigenvalue weighted by Gasteiger charge is -2.40. The van der Waals surface area contributed by atoms with Gasteiger partial charge in [-0.2, -0.15) is 0 Å². The second-order valence-electron chi connectivity index (χ2n) is 11.2. The van der Waals surface area contributed by atoms with Crippen LogP contribution in [0.4, 0.5) is 0 Å². The normalized spacial score (nSPS) is 12.9. The molecule has 3 aromatic rings. The molecule has 0 radical (unpaired) electrons. The zero-order valence-corrected chi connectivity index (χ0v) is 27.1. The summed E-state index contributed by atoms with van der Waals surface area (Å²) in [6.07, 6.45) is 17.1.